The molecule has 0 N–H and O–H groups in total. The van der Waals surface area contributed by atoms with E-state index in [0.29, 0.717) is 17.4 Å². The summed E-state index contributed by atoms with van der Waals surface area (Å²) in [6, 6.07) is 0. The second-order valence-electron chi connectivity index (χ2n) is 6.17. The van der Waals surface area contributed by atoms with E-state index in [9.17, 15) is 8.42 Å². The van der Waals surface area contributed by atoms with E-state index in [1.807, 2.05) is 0 Å². The molecule has 1 aromatic rings. The van der Waals surface area contributed by atoms with Crippen LogP contribution < -0.4 is 0 Å². The van der Waals surface area contributed by atoms with Crippen molar-refractivity contribution in [1.29, 1.82) is 0 Å². The van der Waals surface area contributed by atoms with Gasteiger partial charge in [-0.2, -0.15) is 0 Å². The van der Waals surface area contributed by atoms with E-state index >= 15 is 0 Å². The van der Waals surface area contributed by atoms with E-state index < -0.39 is 9.84 Å². The third kappa shape index (κ3) is 3.02. The Balaban J connectivity index is 1.70. The molecule has 0 spiro atoms. The molecule has 2 aliphatic rings. The average Bonchev–Trinajstić information content (AvgIpc) is 2.96. The quantitative estimate of drug-likeness (QED) is 0.841. The van der Waals surface area contributed by atoms with E-state index in [4.69, 9.17) is 4.98 Å². The summed E-state index contributed by atoms with van der Waals surface area (Å²) in [6.45, 7) is 2.33. The minimum absolute atomic E-state index is 0.150. The van der Waals surface area contributed by atoms with Gasteiger partial charge in [0.2, 0.25) is 0 Å². The fraction of sp³-hybridized carbons (Fsp3) is 0.786. The maximum absolute atomic E-state index is 11.5. The van der Waals surface area contributed by atoms with Crippen LogP contribution in [0.3, 0.4) is 0 Å². The molecule has 0 aromatic carbocycles. The third-order valence-corrected chi connectivity index (χ3v) is 7.35. The Morgan fingerprint density at radius 3 is 2.53 bits per heavy atom. The number of rotatable bonds is 2. The molecule has 1 aromatic heterocycles. The van der Waals surface area contributed by atoms with Gasteiger partial charge in [0.25, 0.3) is 0 Å². The van der Waals surface area contributed by atoms with Crippen LogP contribution in [0.4, 0.5) is 0 Å². The Morgan fingerprint density at radius 2 is 1.89 bits per heavy atom. The third-order valence-electron chi connectivity index (χ3n) is 4.56. The average molecular weight is 299 g/mol. The Morgan fingerprint density at radius 1 is 1.16 bits per heavy atom. The molecule has 0 bridgehead atoms. The van der Waals surface area contributed by atoms with Gasteiger partial charge in [0.05, 0.1) is 22.2 Å². The van der Waals surface area contributed by atoms with Gasteiger partial charge in [-0.15, -0.1) is 11.3 Å². The SMILES string of the molecule is CC1CCC(c2nc(C3CCS(=O)(=O)C3)cs2)CC1. The summed E-state index contributed by atoms with van der Waals surface area (Å²) < 4.78 is 23.1. The molecular weight excluding hydrogens is 278 g/mol. The number of sulfone groups is 1. The molecule has 3 nitrogen and oxygen atoms in total. The van der Waals surface area contributed by atoms with Gasteiger partial charge in [0, 0.05) is 17.2 Å². The van der Waals surface area contributed by atoms with Gasteiger partial charge in [-0.25, -0.2) is 13.4 Å². The van der Waals surface area contributed by atoms with Crippen molar-refractivity contribution < 1.29 is 8.42 Å². The first-order valence-electron chi connectivity index (χ1n) is 7.19. The van der Waals surface area contributed by atoms with Crippen molar-refractivity contribution in [2.75, 3.05) is 11.5 Å². The number of hydrogen-bond donors (Lipinski definition) is 0. The summed E-state index contributed by atoms with van der Waals surface area (Å²) in [5, 5.41) is 3.34. The highest BCUT2D eigenvalue weighted by atomic mass is 32.2. The van der Waals surface area contributed by atoms with Crippen LogP contribution in [0.5, 0.6) is 0 Å². The topological polar surface area (TPSA) is 47.0 Å². The van der Waals surface area contributed by atoms with Gasteiger partial charge >= 0.3 is 0 Å². The van der Waals surface area contributed by atoms with Gasteiger partial charge in [0.15, 0.2) is 9.84 Å². The lowest BCUT2D eigenvalue weighted by Crippen LogP contribution is -2.11. The second kappa shape index (κ2) is 5.17. The summed E-state index contributed by atoms with van der Waals surface area (Å²) in [5.74, 6) is 2.27. The summed E-state index contributed by atoms with van der Waals surface area (Å²) in [4.78, 5) is 4.76. The lowest BCUT2D eigenvalue weighted by Gasteiger charge is -2.24. The summed E-state index contributed by atoms with van der Waals surface area (Å²) >= 11 is 1.74. The molecule has 106 valence electrons. The van der Waals surface area contributed by atoms with Crippen LogP contribution in [-0.2, 0) is 9.84 Å². The summed E-state index contributed by atoms with van der Waals surface area (Å²) in [5.41, 5.74) is 1.03. The van der Waals surface area contributed by atoms with E-state index in [-0.39, 0.29) is 5.92 Å². The van der Waals surface area contributed by atoms with Crippen LogP contribution >= 0.6 is 11.3 Å². The second-order valence-corrected chi connectivity index (χ2v) is 9.29. The van der Waals surface area contributed by atoms with Crippen LogP contribution in [0.2, 0.25) is 0 Å². The Labute approximate surface area is 119 Å². The lowest BCUT2D eigenvalue weighted by atomic mass is 9.83. The van der Waals surface area contributed by atoms with Gasteiger partial charge in [-0.1, -0.05) is 19.8 Å². The van der Waals surface area contributed by atoms with E-state index in [0.717, 1.165) is 18.0 Å². The Hall–Kier alpha value is -0.420. The standard InChI is InChI=1S/C14H21NO2S2/c1-10-2-4-11(5-3-10)14-15-13(8-18-14)12-6-7-19(16,17)9-12/h8,10-12H,2-7,9H2,1H3. The minimum atomic E-state index is -2.80. The van der Waals surface area contributed by atoms with E-state index in [2.05, 4.69) is 12.3 Å². The van der Waals surface area contributed by atoms with Crippen molar-refractivity contribution in [3.63, 3.8) is 0 Å². The Bertz CT molecular complexity index is 542. The highest BCUT2D eigenvalue weighted by Gasteiger charge is 2.31. The van der Waals surface area contributed by atoms with Gasteiger partial charge in [0.1, 0.15) is 0 Å². The van der Waals surface area contributed by atoms with Crippen molar-refractivity contribution in [3.8, 4) is 0 Å². The molecule has 19 heavy (non-hydrogen) atoms. The molecule has 5 heteroatoms. The summed E-state index contributed by atoms with van der Waals surface area (Å²) in [7, 11) is -2.80. The molecule has 0 amide bonds. The molecule has 3 rings (SSSR count). The number of aromatic nitrogens is 1. The molecule has 0 radical (unpaired) electrons. The molecule has 1 saturated heterocycles. The normalized spacial score (nSPS) is 34.5. The van der Waals surface area contributed by atoms with Gasteiger partial charge in [-0.05, 0) is 25.2 Å². The van der Waals surface area contributed by atoms with Crippen molar-refractivity contribution in [3.05, 3.63) is 16.1 Å². The summed E-state index contributed by atoms with van der Waals surface area (Å²) in [6.07, 6.45) is 5.86. The maximum Gasteiger partial charge on any atom is 0.151 e. The zero-order valence-electron chi connectivity index (χ0n) is 11.3. The molecule has 1 unspecified atom stereocenters. The van der Waals surface area contributed by atoms with Crippen LogP contribution in [0.1, 0.15) is 61.6 Å². The highest BCUT2D eigenvalue weighted by Crippen LogP contribution is 2.38. The van der Waals surface area contributed by atoms with Crippen molar-refractivity contribution in [1.82, 2.24) is 4.98 Å². The fourth-order valence-corrected chi connectivity index (χ4v) is 6.04. The maximum atomic E-state index is 11.5. The number of thiazole rings is 1. The van der Waals surface area contributed by atoms with Crippen LogP contribution in [0.25, 0.3) is 0 Å². The molecule has 1 atom stereocenters. The predicted octanol–water partition coefficient (Wildman–Crippen LogP) is 3.34. The molecule has 1 saturated carbocycles. The van der Waals surface area contributed by atoms with Gasteiger partial charge in [-0.3, -0.25) is 0 Å². The zero-order valence-corrected chi connectivity index (χ0v) is 13.0. The van der Waals surface area contributed by atoms with E-state index in [1.165, 1.54) is 30.7 Å². The number of hydrogen-bond acceptors (Lipinski definition) is 4. The molecule has 1 aliphatic heterocycles. The molecule has 1 aliphatic carbocycles. The molecular formula is C14H21NO2S2. The van der Waals surface area contributed by atoms with Crippen LogP contribution in [-0.4, -0.2) is 24.9 Å². The first-order chi connectivity index (χ1) is 9.03. The largest absolute Gasteiger partial charge is 0.246 e. The first-order valence-corrected chi connectivity index (χ1v) is 9.89. The minimum Gasteiger partial charge on any atom is -0.246 e. The monoisotopic (exact) mass is 299 g/mol. The first kappa shape index (κ1) is 13.6. The van der Waals surface area contributed by atoms with Gasteiger partial charge < -0.3 is 0 Å². The smallest absolute Gasteiger partial charge is 0.151 e. The van der Waals surface area contributed by atoms with Crippen LogP contribution in [0.15, 0.2) is 5.38 Å². The van der Waals surface area contributed by atoms with Crippen molar-refractivity contribution >= 4 is 21.2 Å². The van der Waals surface area contributed by atoms with Crippen molar-refractivity contribution in [2.24, 2.45) is 5.92 Å². The Kier molecular flexibility index (Phi) is 3.69. The molecule has 2 heterocycles. The molecule has 2 fully saturated rings. The fourth-order valence-electron chi connectivity index (χ4n) is 3.21. The lowest BCUT2D eigenvalue weighted by molar-refractivity contribution is 0.347. The van der Waals surface area contributed by atoms with E-state index in [1.54, 1.807) is 11.3 Å². The number of nitrogens with zero attached hydrogens (tertiary/aromatic N) is 1. The van der Waals surface area contributed by atoms with Crippen LogP contribution in [0, 0.1) is 5.92 Å². The predicted molar refractivity (Wildman–Crippen MR) is 78.5 cm³/mol. The zero-order chi connectivity index (χ0) is 13.5. The van der Waals surface area contributed by atoms with Crippen molar-refractivity contribution in [2.45, 2.75) is 50.9 Å². The highest BCUT2D eigenvalue weighted by molar-refractivity contribution is 7.91.